The van der Waals surface area contributed by atoms with Gasteiger partial charge in [0.15, 0.2) is 11.5 Å². The van der Waals surface area contributed by atoms with Gasteiger partial charge in [0.25, 0.3) is 0 Å². The summed E-state index contributed by atoms with van der Waals surface area (Å²) in [5.74, 6) is 1.21. The lowest BCUT2D eigenvalue weighted by molar-refractivity contribution is -0.121. The van der Waals surface area contributed by atoms with Crippen LogP contribution in [-0.2, 0) is 4.79 Å². The van der Waals surface area contributed by atoms with Crippen molar-refractivity contribution in [1.82, 2.24) is 0 Å². The van der Waals surface area contributed by atoms with Gasteiger partial charge in [-0.3, -0.25) is 4.79 Å². The Morgan fingerprint density at radius 2 is 1.90 bits per heavy atom. The van der Waals surface area contributed by atoms with E-state index in [2.05, 4.69) is 5.32 Å². The Morgan fingerprint density at radius 1 is 1.25 bits per heavy atom. The van der Waals surface area contributed by atoms with E-state index < -0.39 is 5.54 Å². The average molecular weight is 278 g/mol. The van der Waals surface area contributed by atoms with Gasteiger partial charge < -0.3 is 20.5 Å². The number of nitrogens with one attached hydrogen (secondary N) is 1. The number of hydrogen-bond acceptors (Lipinski definition) is 4. The highest BCUT2D eigenvalue weighted by atomic mass is 16.5. The summed E-state index contributed by atoms with van der Waals surface area (Å²) in [6.45, 7) is 5.10. The molecule has 20 heavy (non-hydrogen) atoms. The van der Waals surface area contributed by atoms with Crippen LogP contribution in [0.15, 0.2) is 18.2 Å². The molecular weight excluding hydrogens is 256 g/mol. The van der Waals surface area contributed by atoms with Crippen molar-refractivity contribution in [2.24, 2.45) is 5.73 Å². The lowest BCUT2D eigenvalue weighted by Gasteiger charge is -2.25. The minimum atomic E-state index is -0.829. The summed E-state index contributed by atoms with van der Waals surface area (Å²) in [7, 11) is 0. The minimum Gasteiger partial charge on any atom is -0.490 e. The molecule has 0 saturated carbocycles. The molecule has 110 valence electrons. The molecule has 0 saturated heterocycles. The summed E-state index contributed by atoms with van der Waals surface area (Å²) < 4.78 is 11.2. The highest BCUT2D eigenvalue weighted by molar-refractivity contribution is 5.98. The van der Waals surface area contributed by atoms with E-state index in [9.17, 15) is 4.79 Å². The van der Waals surface area contributed by atoms with E-state index in [0.717, 1.165) is 6.42 Å². The first-order valence-corrected chi connectivity index (χ1v) is 7.09. The summed E-state index contributed by atoms with van der Waals surface area (Å²) in [4.78, 5) is 12.2. The predicted octanol–water partition coefficient (Wildman–Crippen LogP) is 2.30. The first-order valence-electron chi connectivity index (χ1n) is 7.09. The topological polar surface area (TPSA) is 73.6 Å². The molecule has 3 N–H and O–H groups in total. The summed E-state index contributed by atoms with van der Waals surface area (Å²) in [5, 5.41) is 2.86. The van der Waals surface area contributed by atoms with Crippen LogP contribution >= 0.6 is 0 Å². The van der Waals surface area contributed by atoms with Crippen molar-refractivity contribution in [3.8, 4) is 11.5 Å². The van der Waals surface area contributed by atoms with Crippen LogP contribution in [0.25, 0.3) is 0 Å². The molecule has 1 aliphatic rings. The lowest BCUT2D eigenvalue weighted by atomic mass is 9.93. The van der Waals surface area contributed by atoms with Gasteiger partial charge in [0.1, 0.15) is 0 Å². The van der Waals surface area contributed by atoms with Gasteiger partial charge in [0.05, 0.1) is 18.8 Å². The highest BCUT2D eigenvalue weighted by Gasteiger charge is 2.30. The standard InChI is InChI=1S/C15H22N2O3/c1-3-15(16,4-2)14(18)17-11-6-7-12-13(10-11)20-9-5-8-19-12/h6-7,10H,3-5,8-9,16H2,1-2H3,(H,17,18). The van der Waals surface area contributed by atoms with E-state index in [-0.39, 0.29) is 5.91 Å². The van der Waals surface area contributed by atoms with E-state index in [1.54, 1.807) is 12.1 Å². The summed E-state index contributed by atoms with van der Waals surface area (Å²) >= 11 is 0. The molecule has 0 aliphatic carbocycles. The molecule has 0 fully saturated rings. The third-order valence-electron chi connectivity index (χ3n) is 3.72. The zero-order chi connectivity index (χ0) is 14.6. The Labute approximate surface area is 119 Å². The van der Waals surface area contributed by atoms with Crippen LogP contribution in [0.3, 0.4) is 0 Å². The van der Waals surface area contributed by atoms with Gasteiger partial charge in [-0.25, -0.2) is 0 Å². The van der Waals surface area contributed by atoms with Crippen LogP contribution in [-0.4, -0.2) is 24.7 Å². The molecule has 1 amide bonds. The van der Waals surface area contributed by atoms with E-state index in [1.807, 2.05) is 19.9 Å². The second kappa shape index (κ2) is 6.13. The summed E-state index contributed by atoms with van der Waals surface area (Å²) in [6.07, 6.45) is 2.05. The van der Waals surface area contributed by atoms with Gasteiger partial charge >= 0.3 is 0 Å². The van der Waals surface area contributed by atoms with Crippen molar-refractivity contribution in [3.63, 3.8) is 0 Å². The average Bonchev–Trinajstić information content (AvgIpc) is 2.71. The van der Waals surface area contributed by atoms with Crippen molar-refractivity contribution in [2.75, 3.05) is 18.5 Å². The largest absolute Gasteiger partial charge is 0.490 e. The third kappa shape index (κ3) is 3.04. The SMILES string of the molecule is CCC(N)(CC)C(=O)Nc1ccc2c(c1)OCCCO2. The maximum absolute atomic E-state index is 12.2. The van der Waals surface area contributed by atoms with Crippen LogP contribution < -0.4 is 20.5 Å². The fraction of sp³-hybridized carbons (Fsp3) is 0.533. The second-order valence-electron chi connectivity index (χ2n) is 5.03. The van der Waals surface area contributed by atoms with Crippen molar-refractivity contribution < 1.29 is 14.3 Å². The molecule has 1 aromatic rings. The Kier molecular flexibility index (Phi) is 4.49. The molecule has 0 unspecified atom stereocenters. The molecular formula is C15H22N2O3. The molecule has 1 heterocycles. The van der Waals surface area contributed by atoms with Gasteiger partial charge in [0, 0.05) is 18.2 Å². The minimum absolute atomic E-state index is 0.169. The Balaban J connectivity index is 2.14. The molecule has 2 rings (SSSR count). The van der Waals surface area contributed by atoms with Gasteiger partial charge in [-0.1, -0.05) is 13.8 Å². The van der Waals surface area contributed by atoms with Crippen LogP contribution in [0.4, 0.5) is 5.69 Å². The smallest absolute Gasteiger partial charge is 0.244 e. The normalized spacial score (nSPS) is 14.6. The zero-order valence-corrected chi connectivity index (χ0v) is 12.1. The molecule has 1 aromatic carbocycles. The first kappa shape index (κ1) is 14.7. The number of ether oxygens (including phenoxy) is 2. The quantitative estimate of drug-likeness (QED) is 0.886. The van der Waals surface area contributed by atoms with E-state index in [0.29, 0.717) is 43.2 Å². The van der Waals surface area contributed by atoms with Crippen LogP contribution in [0, 0.1) is 0 Å². The molecule has 1 aliphatic heterocycles. The fourth-order valence-electron chi connectivity index (χ4n) is 2.07. The van der Waals surface area contributed by atoms with E-state index in [1.165, 1.54) is 0 Å². The van der Waals surface area contributed by atoms with Gasteiger partial charge in [-0.05, 0) is 25.0 Å². The first-order chi connectivity index (χ1) is 9.59. The number of carbonyl (C=O) groups is 1. The van der Waals surface area contributed by atoms with Crippen molar-refractivity contribution in [1.29, 1.82) is 0 Å². The number of carbonyl (C=O) groups excluding carboxylic acids is 1. The molecule has 5 nitrogen and oxygen atoms in total. The third-order valence-corrected chi connectivity index (χ3v) is 3.72. The van der Waals surface area contributed by atoms with E-state index >= 15 is 0 Å². The predicted molar refractivity (Wildman–Crippen MR) is 78.2 cm³/mol. The Bertz CT molecular complexity index is 484. The fourth-order valence-corrected chi connectivity index (χ4v) is 2.07. The second-order valence-corrected chi connectivity index (χ2v) is 5.03. The summed E-state index contributed by atoms with van der Waals surface area (Å²) in [6, 6.07) is 5.40. The van der Waals surface area contributed by atoms with Crippen LogP contribution in [0.1, 0.15) is 33.1 Å². The molecule has 0 atom stereocenters. The molecule has 0 radical (unpaired) electrons. The molecule has 5 heteroatoms. The van der Waals surface area contributed by atoms with Gasteiger partial charge in [0.2, 0.25) is 5.91 Å². The van der Waals surface area contributed by atoms with E-state index in [4.69, 9.17) is 15.2 Å². The number of rotatable bonds is 4. The number of anilines is 1. The number of hydrogen-bond donors (Lipinski definition) is 2. The number of benzene rings is 1. The lowest BCUT2D eigenvalue weighted by Crippen LogP contribution is -2.50. The molecule has 0 aromatic heterocycles. The maximum atomic E-state index is 12.2. The molecule has 0 bridgehead atoms. The van der Waals surface area contributed by atoms with Crippen LogP contribution in [0.5, 0.6) is 11.5 Å². The number of amides is 1. The Morgan fingerprint density at radius 3 is 2.55 bits per heavy atom. The highest BCUT2D eigenvalue weighted by Crippen LogP contribution is 2.32. The maximum Gasteiger partial charge on any atom is 0.244 e. The zero-order valence-electron chi connectivity index (χ0n) is 12.1. The van der Waals surface area contributed by atoms with Crippen molar-refractivity contribution >= 4 is 11.6 Å². The Hall–Kier alpha value is -1.75. The van der Waals surface area contributed by atoms with Gasteiger partial charge in [-0.15, -0.1) is 0 Å². The van der Waals surface area contributed by atoms with Crippen molar-refractivity contribution in [2.45, 2.75) is 38.6 Å². The number of nitrogens with two attached hydrogens (primary N) is 1. The van der Waals surface area contributed by atoms with Crippen molar-refractivity contribution in [3.05, 3.63) is 18.2 Å². The summed E-state index contributed by atoms with van der Waals surface area (Å²) in [5.41, 5.74) is 5.93. The van der Waals surface area contributed by atoms with Crippen LogP contribution in [0.2, 0.25) is 0 Å². The number of fused-ring (bicyclic) bond motifs is 1. The van der Waals surface area contributed by atoms with Gasteiger partial charge in [-0.2, -0.15) is 0 Å². The molecule has 0 spiro atoms. The monoisotopic (exact) mass is 278 g/mol.